The van der Waals surface area contributed by atoms with Gasteiger partial charge in [-0.3, -0.25) is 4.99 Å². The van der Waals surface area contributed by atoms with Crippen LogP contribution in [-0.4, -0.2) is 79.9 Å². The van der Waals surface area contributed by atoms with E-state index in [2.05, 4.69) is 15.2 Å². The van der Waals surface area contributed by atoms with Crippen LogP contribution in [-0.2, 0) is 9.47 Å². The summed E-state index contributed by atoms with van der Waals surface area (Å²) < 4.78 is 10.5. The fourth-order valence-corrected chi connectivity index (χ4v) is 2.97. The number of unbranched alkanes of at least 4 members (excludes halogenated alkanes) is 2. The normalized spacial score (nSPS) is 20.7. The molecule has 7 nitrogen and oxygen atoms in total. The van der Waals surface area contributed by atoms with Gasteiger partial charge in [0.25, 0.3) is 0 Å². The third-order valence-corrected chi connectivity index (χ3v) is 4.17. The molecule has 1 N–H and O–H groups in total. The molecule has 138 valence electrons. The monoisotopic (exact) mass is 340 g/mol. The Bertz CT molecular complexity index is 448. The fraction of sp³-hybridized carbons (Fsp3) is 0.882. The lowest BCUT2D eigenvalue weighted by atomic mass is 10.2. The summed E-state index contributed by atoms with van der Waals surface area (Å²) in [6.45, 7) is 10.4. The summed E-state index contributed by atoms with van der Waals surface area (Å²) in [5.41, 5.74) is -0.448. The highest BCUT2D eigenvalue weighted by Crippen LogP contribution is 2.18. The Morgan fingerprint density at radius 3 is 2.79 bits per heavy atom. The first-order chi connectivity index (χ1) is 11.4. The van der Waals surface area contributed by atoms with Gasteiger partial charge in [-0.05, 0) is 40.0 Å². The lowest BCUT2D eigenvalue weighted by molar-refractivity contribution is 0.0137. The van der Waals surface area contributed by atoms with E-state index in [1.165, 1.54) is 0 Å². The van der Waals surface area contributed by atoms with Gasteiger partial charge in [0.2, 0.25) is 0 Å². The third-order valence-electron chi connectivity index (χ3n) is 4.17. The number of carbonyl (C=O) groups is 1. The van der Waals surface area contributed by atoms with Gasteiger partial charge in [0.15, 0.2) is 5.96 Å². The van der Waals surface area contributed by atoms with Crippen LogP contribution >= 0.6 is 0 Å². The van der Waals surface area contributed by atoms with Crippen molar-refractivity contribution >= 4 is 12.1 Å². The Balaban J connectivity index is 1.71. The van der Waals surface area contributed by atoms with Crippen LogP contribution in [0, 0.1) is 0 Å². The minimum Gasteiger partial charge on any atom is -0.444 e. The number of guanidine groups is 1. The maximum Gasteiger partial charge on any atom is 0.410 e. The summed E-state index contributed by atoms with van der Waals surface area (Å²) in [6, 6.07) is 0.266. The van der Waals surface area contributed by atoms with Crippen molar-refractivity contribution < 1.29 is 14.3 Å². The van der Waals surface area contributed by atoms with Crippen LogP contribution in [0.2, 0.25) is 0 Å². The molecule has 0 saturated carbocycles. The second kappa shape index (κ2) is 8.55. The maximum absolute atomic E-state index is 12.2. The summed E-state index contributed by atoms with van der Waals surface area (Å²) in [4.78, 5) is 20.9. The van der Waals surface area contributed by atoms with E-state index in [0.29, 0.717) is 13.1 Å². The minimum absolute atomic E-state index is 0.221. The zero-order valence-electron chi connectivity index (χ0n) is 15.5. The van der Waals surface area contributed by atoms with Crippen molar-refractivity contribution in [2.24, 2.45) is 4.99 Å². The molecule has 1 fully saturated rings. The van der Waals surface area contributed by atoms with Crippen LogP contribution in [0.5, 0.6) is 0 Å². The van der Waals surface area contributed by atoms with Gasteiger partial charge in [0.1, 0.15) is 5.60 Å². The van der Waals surface area contributed by atoms with Crippen LogP contribution in [0.1, 0.15) is 40.0 Å². The summed E-state index contributed by atoms with van der Waals surface area (Å²) in [6.07, 6.45) is 3.15. The number of piperazine rings is 1. The van der Waals surface area contributed by atoms with Gasteiger partial charge in [-0.25, -0.2) is 4.79 Å². The van der Waals surface area contributed by atoms with Crippen molar-refractivity contribution in [3.8, 4) is 0 Å². The molecular formula is C17H32N4O3. The number of nitrogens with zero attached hydrogens (tertiary/aromatic N) is 3. The SMILES string of the molecule is COCCCCCNC1=NCC2CN(C(=O)OC(C)(C)C)CCN12. The van der Waals surface area contributed by atoms with Crippen LogP contribution < -0.4 is 5.32 Å². The Morgan fingerprint density at radius 1 is 1.29 bits per heavy atom. The topological polar surface area (TPSA) is 66.4 Å². The number of ether oxygens (including phenoxy) is 2. The van der Waals surface area contributed by atoms with E-state index in [9.17, 15) is 4.79 Å². The Labute approximate surface area is 145 Å². The number of hydrogen-bond acceptors (Lipinski definition) is 6. The van der Waals surface area contributed by atoms with E-state index in [1.807, 2.05) is 20.8 Å². The van der Waals surface area contributed by atoms with Gasteiger partial charge < -0.3 is 24.6 Å². The number of carbonyl (C=O) groups excluding carboxylic acids is 1. The summed E-state index contributed by atoms with van der Waals surface area (Å²) in [5, 5.41) is 3.44. The van der Waals surface area contributed by atoms with Gasteiger partial charge >= 0.3 is 6.09 Å². The predicted octanol–water partition coefficient (Wildman–Crippen LogP) is 1.68. The van der Waals surface area contributed by atoms with Gasteiger partial charge in [-0.2, -0.15) is 0 Å². The van der Waals surface area contributed by atoms with Gasteiger partial charge in [-0.15, -0.1) is 0 Å². The van der Waals surface area contributed by atoms with Crippen molar-refractivity contribution in [1.29, 1.82) is 0 Å². The van der Waals surface area contributed by atoms with Gasteiger partial charge in [0, 0.05) is 39.9 Å². The number of fused-ring (bicyclic) bond motifs is 1. The molecule has 7 heteroatoms. The average Bonchev–Trinajstić information content (AvgIpc) is 2.91. The maximum atomic E-state index is 12.2. The molecule has 0 aromatic heterocycles. The molecule has 0 aromatic rings. The van der Waals surface area contributed by atoms with Crippen LogP contribution in [0.15, 0.2) is 4.99 Å². The number of hydrogen-bond donors (Lipinski definition) is 1. The van der Waals surface area contributed by atoms with Gasteiger partial charge in [-0.1, -0.05) is 0 Å². The van der Waals surface area contributed by atoms with Crippen molar-refractivity contribution in [2.45, 2.75) is 51.7 Å². The van der Waals surface area contributed by atoms with E-state index < -0.39 is 5.60 Å². The lowest BCUT2D eigenvalue weighted by Gasteiger charge is -2.39. The number of rotatable bonds is 6. The lowest BCUT2D eigenvalue weighted by Crippen LogP contribution is -2.57. The summed E-state index contributed by atoms with van der Waals surface area (Å²) in [5.74, 6) is 0.982. The second-order valence-corrected chi connectivity index (χ2v) is 7.42. The molecular weight excluding hydrogens is 308 g/mol. The first kappa shape index (κ1) is 18.8. The van der Waals surface area contributed by atoms with Crippen LogP contribution in [0.25, 0.3) is 0 Å². The molecule has 1 amide bonds. The second-order valence-electron chi connectivity index (χ2n) is 7.42. The molecule has 1 unspecified atom stereocenters. The van der Waals surface area contributed by atoms with E-state index in [1.54, 1.807) is 12.0 Å². The molecule has 2 aliphatic heterocycles. The number of nitrogens with one attached hydrogen (secondary N) is 1. The summed E-state index contributed by atoms with van der Waals surface area (Å²) >= 11 is 0. The van der Waals surface area contributed by atoms with Crippen molar-refractivity contribution in [3.05, 3.63) is 0 Å². The largest absolute Gasteiger partial charge is 0.444 e. The highest BCUT2D eigenvalue weighted by Gasteiger charge is 2.36. The molecule has 0 aliphatic carbocycles. The van der Waals surface area contributed by atoms with E-state index in [-0.39, 0.29) is 12.1 Å². The molecule has 2 heterocycles. The molecule has 0 bridgehead atoms. The zero-order chi connectivity index (χ0) is 17.6. The highest BCUT2D eigenvalue weighted by atomic mass is 16.6. The Kier molecular flexibility index (Phi) is 6.71. The van der Waals surface area contributed by atoms with Crippen molar-refractivity contribution in [3.63, 3.8) is 0 Å². The molecule has 2 aliphatic rings. The van der Waals surface area contributed by atoms with Crippen molar-refractivity contribution in [1.82, 2.24) is 15.1 Å². The van der Waals surface area contributed by atoms with Crippen molar-refractivity contribution in [2.75, 3.05) is 46.4 Å². The number of amides is 1. The molecule has 24 heavy (non-hydrogen) atoms. The molecule has 2 rings (SSSR count). The van der Waals surface area contributed by atoms with Crippen LogP contribution in [0.3, 0.4) is 0 Å². The minimum atomic E-state index is -0.448. The Morgan fingerprint density at radius 2 is 2.08 bits per heavy atom. The molecule has 1 atom stereocenters. The predicted molar refractivity (Wildman–Crippen MR) is 94.3 cm³/mol. The first-order valence-electron chi connectivity index (χ1n) is 8.92. The Hall–Kier alpha value is -1.50. The van der Waals surface area contributed by atoms with E-state index >= 15 is 0 Å². The average molecular weight is 340 g/mol. The molecule has 0 aromatic carbocycles. The summed E-state index contributed by atoms with van der Waals surface area (Å²) in [7, 11) is 1.74. The highest BCUT2D eigenvalue weighted by molar-refractivity contribution is 5.82. The number of aliphatic imine (C=N–C) groups is 1. The van der Waals surface area contributed by atoms with E-state index in [4.69, 9.17) is 9.47 Å². The molecule has 0 radical (unpaired) electrons. The fourth-order valence-electron chi connectivity index (χ4n) is 2.97. The standard InChI is InChI=1S/C17H32N4O3/c1-17(2,3)24-16(22)20-9-10-21-14(13-20)12-19-15(21)18-8-6-5-7-11-23-4/h14H,5-13H2,1-4H3,(H,18,19). The number of methoxy groups -OCH3 is 1. The molecule has 0 spiro atoms. The third kappa shape index (κ3) is 5.54. The zero-order valence-corrected chi connectivity index (χ0v) is 15.5. The smallest absolute Gasteiger partial charge is 0.410 e. The quantitative estimate of drug-likeness (QED) is 0.745. The van der Waals surface area contributed by atoms with Gasteiger partial charge in [0.05, 0.1) is 12.6 Å². The van der Waals surface area contributed by atoms with E-state index in [0.717, 1.165) is 51.5 Å². The first-order valence-corrected chi connectivity index (χ1v) is 8.92. The molecule has 1 saturated heterocycles. The van der Waals surface area contributed by atoms with Crippen LogP contribution in [0.4, 0.5) is 4.79 Å².